The molecular weight excluding hydrogens is 406 g/mol. The Hall–Kier alpha value is -3.16. The average molecular weight is 434 g/mol. The third kappa shape index (κ3) is 4.95. The van der Waals surface area contributed by atoms with Crippen molar-refractivity contribution >= 4 is 19.1 Å². The number of aromatic hydroxyl groups is 2. The molecule has 2 heterocycles. The molecular formula is C24H27N3O3Si. The molecule has 0 fully saturated rings. The van der Waals surface area contributed by atoms with Crippen molar-refractivity contribution in [1.82, 2.24) is 14.8 Å². The minimum atomic E-state index is -1.17. The summed E-state index contributed by atoms with van der Waals surface area (Å²) in [6.07, 6.45) is 1.78. The first-order valence-electron chi connectivity index (χ1n) is 10.3. The van der Waals surface area contributed by atoms with E-state index in [-0.39, 0.29) is 11.5 Å². The molecule has 6 nitrogen and oxygen atoms in total. The van der Waals surface area contributed by atoms with Crippen molar-refractivity contribution in [2.45, 2.75) is 32.4 Å². The van der Waals surface area contributed by atoms with Crippen molar-refractivity contribution in [2.75, 3.05) is 6.61 Å². The number of benzene rings is 2. The normalized spacial score (nSPS) is 11.8. The first kappa shape index (κ1) is 21.1. The number of fused-ring (bicyclic) bond motifs is 1. The molecule has 0 aliphatic rings. The second-order valence-electron chi connectivity index (χ2n) is 8.89. The fraction of sp³-hybridized carbons (Fsp3) is 0.250. The molecule has 4 rings (SSSR count). The van der Waals surface area contributed by atoms with Gasteiger partial charge < -0.3 is 14.9 Å². The third-order valence-corrected chi connectivity index (χ3v) is 6.80. The van der Waals surface area contributed by atoms with Crippen molar-refractivity contribution in [3.8, 4) is 33.9 Å². The fourth-order valence-electron chi connectivity index (χ4n) is 3.39. The van der Waals surface area contributed by atoms with Gasteiger partial charge in [-0.05, 0) is 41.9 Å². The van der Waals surface area contributed by atoms with Crippen molar-refractivity contribution in [1.29, 1.82) is 0 Å². The van der Waals surface area contributed by atoms with Gasteiger partial charge in [-0.2, -0.15) is 5.10 Å². The van der Waals surface area contributed by atoms with Gasteiger partial charge in [-0.15, -0.1) is 0 Å². The van der Waals surface area contributed by atoms with Crippen LogP contribution in [-0.4, -0.2) is 39.7 Å². The molecule has 7 heteroatoms. The molecule has 4 aromatic rings. The van der Waals surface area contributed by atoms with E-state index < -0.39 is 8.07 Å². The predicted octanol–water partition coefficient (Wildman–Crippen LogP) is 5.49. The zero-order valence-electron chi connectivity index (χ0n) is 18.0. The summed E-state index contributed by atoms with van der Waals surface area (Å²) < 4.78 is 7.69. The minimum absolute atomic E-state index is 0.184. The molecule has 31 heavy (non-hydrogen) atoms. The van der Waals surface area contributed by atoms with Gasteiger partial charge in [0, 0.05) is 37.4 Å². The van der Waals surface area contributed by atoms with E-state index in [0.717, 1.165) is 39.5 Å². The molecule has 0 spiro atoms. The smallest absolute Gasteiger partial charge is 0.160 e. The lowest BCUT2D eigenvalue weighted by molar-refractivity contribution is 0.0814. The first-order chi connectivity index (χ1) is 14.8. The van der Waals surface area contributed by atoms with Crippen LogP contribution in [0.25, 0.3) is 33.4 Å². The predicted molar refractivity (Wildman–Crippen MR) is 126 cm³/mol. The SMILES string of the molecule is C[Si](C)(C)CCOCn1nc(-c2cccc(O)c2)c2cc(-c3cccc(O)c3)cnc21. The number of hydrogen-bond acceptors (Lipinski definition) is 5. The highest BCUT2D eigenvalue weighted by Gasteiger charge is 2.17. The number of pyridine rings is 1. The molecule has 0 saturated carbocycles. The van der Waals surface area contributed by atoms with Crippen LogP contribution in [0.4, 0.5) is 0 Å². The molecule has 0 aliphatic heterocycles. The van der Waals surface area contributed by atoms with Crippen LogP contribution in [0.1, 0.15) is 0 Å². The Morgan fingerprint density at radius 2 is 1.58 bits per heavy atom. The molecule has 0 unspecified atom stereocenters. The molecule has 2 aromatic heterocycles. The Morgan fingerprint density at radius 3 is 2.26 bits per heavy atom. The first-order valence-corrected chi connectivity index (χ1v) is 14.0. The molecule has 0 atom stereocenters. The van der Waals surface area contributed by atoms with Crippen LogP contribution in [0.3, 0.4) is 0 Å². The number of aromatic nitrogens is 3. The lowest BCUT2D eigenvalue weighted by Crippen LogP contribution is -2.22. The largest absolute Gasteiger partial charge is 0.508 e. The summed E-state index contributed by atoms with van der Waals surface area (Å²) >= 11 is 0. The Kier molecular flexibility index (Phi) is 5.80. The van der Waals surface area contributed by atoms with Crippen LogP contribution in [0.15, 0.2) is 60.8 Å². The molecule has 2 aromatic carbocycles. The highest BCUT2D eigenvalue weighted by atomic mass is 28.3. The molecule has 0 saturated heterocycles. The lowest BCUT2D eigenvalue weighted by Gasteiger charge is -2.15. The highest BCUT2D eigenvalue weighted by molar-refractivity contribution is 6.76. The topological polar surface area (TPSA) is 80.4 Å². The van der Waals surface area contributed by atoms with E-state index in [0.29, 0.717) is 13.3 Å². The number of nitrogens with zero attached hydrogens (tertiary/aromatic N) is 3. The maximum atomic E-state index is 9.97. The van der Waals surface area contributed by atoms with Crippen LogP contribution in [0.5, 0.6) is 11.5 Å². The van der Waals surface area contributed by atoms with Crippen LogP contribution in [0, 0.1) is 0 Å². The maximum Gasteiger partial charge on any atom is 0.160 e. The lowest BCUT2D eigenvalue weighted by atomic mass is 10.0. The van der Waals surface area contributed by atoms with Gasteiger partial charge in [-0.3, -0.25) is 0 Å². The Balaban J connectivity index is 1.75. The Labute approximate surface area is 182 Å². The van der Waals surface area contributed by atoms with Crippen molar-refractivity contribution in [3.63, 3.8) is 0 Å². The molecule has 2 N–H and O–H groups in total. The third-order valence-electron chi connectivity index (χ3n) is 5.10. The molecule has 0 radical (unpaired) electrons. The molecule has 0 bridgehead atoms. The number of ether oxygens (including phenoxy) is 1. The van der Waals surface area contributed by atoms with E-state index >= 15 is 0 Å². The van der Waals surface area contributed by atoms with Crippen LogP contribution < -0.4 is 0 Å². The summed E-state index contributed by atoms with van der Waals surface area (Å²) in [7, 11) is -1.17. The summed E-state index contributed by atoms with van der Waals surface area (Å²) in [5, 5.41) is 25.4. The monoisotopic (exact) mass is 433 g/mol. The van der Waals surface area contributed by atoms with Crippen molar-refractivity contribution < 1.29 is 14.9 Å². The van der Waals surface area contributed by atoms with Crippen molar-refractivity contribution in [2.24, 2.45) is 0 Å². The second-order valence-corrected chi connectivity index (χ2v) is 14.5. The highest BCUT2D eigenvalue weighted by Crippen LogP contribution is 2.32. The quantitative estimate of drug-likeness (QED) is 0.298. The average Bonchev–Trinajstić information content (AvgIpc) is 3.08. The van der Waals surface area contributed by atoms with E-state index in [1.54, 1.807) is 47.3 Å². The van der Waals surface area contributed by atoms with Gasteiger partial charge in [0.15, 0.2) is 5.65 Å². The molecule has 160 valence electrons. The summed E-state index contributed by atoms with van der Waals surface area (Å²) in [6.45, 7) is 7.98. The second kappa shape index (κ2) is 8.53. The van der Waals surface area contributed by atoms with E-state index in [1.807, 2.05) is 18.2 Å². The summed E-state index contributed by atoms with van der Waals surface area (Å²) in [5.41, 5.74) is 4.00. The van der Waals surface area contributed by atoms with E-state index in [1.165, 1.54) is 0 Å². The summed E-state index contributed by atoms with van der Waals surface area (Å²) in [6, 6.07) is 17.2. The van der Waals surface area contributed by atoms with Crippen LogP contribution in [0.2, 0.25) is 25.7 Å². The van der Waals surface area contributed by atoms with Gasteiger partial charge in [0.2, 0.25) is 0 Å². The fourth-order valence-corrected chi connectivity index (χ4v) is 4.15. The minimum Gasteiger partial charge on any atom is -0.508 e. The van der Waals surface area contributed by atoms with Gasteiger partial charge in [0.25, 0.3) is 0 Å². The Morgan fingerprint density at radius 1 is 0.903 bits per heavy atom. The van der Waals surface area contributed by atoms with Crippen LogP contribution in [-0.2, 0) is 11.5 Å². The standard InChI is InChI=1S/C24H27N3O3Si/c1-31(2,3)11-10-30-16-27-24-22(23(26-27)18-7-5-9-21(29)13-18)14-19(15-25-24)17-6-4-8-20(28)12-17/h4-9,12-15,28-29H,10-11,16H2,1-3H3. The Bertz CT molecular complexity index is 1210. The number of phenols is 2. The zero-order valence-corrected chi connectivity index (χ0v) is 19.0. The maximum absolute atomic E-state index is 9.97. The number of phenolic OH excluding ortho intramolecular Hbond substituents is 2. The van der Waals surface area contributed by atoms with E-state index in [2.05, 4.69) is 24.6 Å². The number of hydrogen-bond donors (Lipinski definition) is 2. The van der Waals surface area contributed by atoms with Gasteiger partial charge in [-0.25, -0.2) is 9.67 Å². The van der Waals surface area contributed by atoms with Gasteiger partial charge >= 0.3 is 0 Å². The van der Waals surface area contributed by atoms with Gasteiger partial charge in [-0.1, -0.05) is 43.9 Å². The zero-order chi connectivity index (χ0) is 22.0. The van der Waals surface area contributed by atoms with E-state index in [9.17, 15) is 10.2 Å². The van der Waals surface area contributed by atoms with E-state index in [4.69, 9.17) is 9.84 Å². The van der Waals surface area contributed by atoms with Crippen LogP contribution >= 0.6 is 0 Å². The summed E-state index contributed by atoms with van der Waals surface area (Å²) in [5.74, 6) is 0.390. The molecule has 0 amide bonds. The summed E-state index contributed by atoms with van der Waals surface area (Å²) in [4.78, 5) is 4.67. The van der Waals surface area contributed by atoms with Gasteiger partial charge in [0.05, 0.1) is 0 Å². The van der Waals surface area contributed by atoms with Gasteiger partial charge in [0.1, 0.15) is 23.9 Å². The molecule has 0 aliphatic carbocycles. The van der Waals surface area contributed by atoms with Crippen molar-refractivity contribution in [3.05, 3.63) is 60.8 Å². The number of rotatable bonds is 7.